The van der Waals surface area contributed by atoms with Crippen LogP contribution in [0.5, 0.6) is 17.2 Å². The van der Waals surface area contributed by atoms with Crippen LogP contribution in [0.1, 0.15) is 25.0 Å². The van der Waals surface area contributed by atoms with Crippen LogP contribution in [0.3, 0.4) is 0 Å². The van der Waals surface area contributed by atoms with E-state index in [1.54, 1.807) is 50.4 Å². The average molecular weight is 645 g/mol. The smallest absolute Gasteiger partial charge is 0.420 e. The Balaban J connectivity index is 1.31. The molecule has 5 rings (SSSR count). The summed E-state index contributed by atoms with van der Waals surface area (Å²) < 4.78 is 37.6. The number of ether oxygens (including phenoxy) is 4. The second kappa shape index (κ2) is 16.1. The Kier molecular flexibility index (Phi) is 11.4. The van der Waals surface area contributed by atoms with E-state index in [-0.39, 0.29) is 17.5 Å². The summed E-state index contributed by atoms with van der Waals surface area (Å²) in [7, 11) is 5.17. The van der Waals surface area contributed by atoms with Gasteiger partial charge in [-0.15, -0.1) is 0 Å². The zero-order valence-corrected chi connectivity index (χ0v) is 27.2. The number of carbonyl (C=O) groups excluding carboxylic acids is 1. The summed E-state index contributed by atoms with van der Waals surface area (Å²) in [6.07, 6.45) is 1.07. The molecule has 0 unspecified atom stereocenters. The summed E-state index contributed by atoms with van der Waals surface area (Å²) in [4.78, 5) is 28.7. The minimum Gasteiger partial charge on any atom is -0.497 e. The highest BCUT2D eigenvalue weighted by molar-refractivity contribution is 5.97. The van der Waals surface area contributed by atoms with Crippen molar-refractivity contribution in [1.29, 1.82) is 0 Å². The third kappa shape index (κ3) is 8.87. The molecular formula is C35H41FN6O5. The fourth-order valence-corrected chi connectivity index (χ4v) is 5.18. The largest absolute Gasteiger partial charge is 0.497 e. The van der Waals surface area contributed by atoms with Crippen molar-refractivity contribution in [1.82, 2.24) is 19.8 Å². The van der Waals surface area contributed by atoms with Gasteiger partial charge in [0.2, 0.25) is 5.95 Å². The molecule has 2 heterocycles. The van der Waals surface area contributed by atoms with Gasteiger partial charge in [-0.2, -0.15) is 4.98 Å². The quantitative estimate of drug-likeness (QED) is 0.164. The van der Waals surface area contributed by atoms with Gasteiger partial charge >= 0.3 is 6.09 Å². The summed E-state index contributed by atoms with van der Waals surface area (Å²) in [6.45, 7) is 7.32. The predicted molar refractivity (Wildman–Crippen MR) is 179 cm³/mol. The van der Waals surface area contributed by atoms with Crippen molar-refractivity contribution < 1.29 is 28.1 Å². The monoisotopic (exact) mass is 644 g/mol. The van der Waals surface area contributed by atoms with Crippen molar-refractivity contribution in [3.8, 4) is 17.2 Å². The maximum absolute atomic E-state index is 15.0. The van der Waals surface area contributed by atoms with E-state index in [9.17, 15) is 4.79 Å². The number of nitrogens with zero attached hydrogens (tertiary/aromatic N) is 5. The molecule has 4 aromatic rings. The Morgan fingerprint density at radius 3 is 2.49 bits per heavy atom. The van der Waals surface area contributed by atoms with Crippen LogP contribution in [0, 0.1) is 5.82 Å². The number of carbonyl (C=O) groups is 1. The fraction of sp³-hybridized carbons (Fsp3) is 0.343. The van der Waals surface area contributed by atoms with E-state index in [2.05, 4.69) is 32.1 Å². The second-order valence-corrected chi connectivity index (χ2v) is 11.2. The number of hydrogen-bond acceptors (Lipinski definition) is 10. The summed E-state index contributed by atoms with van der Waals surface area (Å²) in [5.41, 5.74) is 1.62. The predicted octanol–water partition coefficient (Wildman–Crippen LogP) is 6.43. The van der Waals surface area contributed by atoms with E-state index in [0.717, 1.165) is 44.7 Å². The van der Waals surface area contributed by atoms with Crippen molar-refractivity contribution >= 4 is 29.2 Å². The van der Waals surface area contributed by atoms with Crippen molar-refractivity contribution in [2.75, 3.05) is 70.8 Å². The Labute approximate surface area is 274 Å². The molecule has 1 saturated heterocycles. The number of hydrogen-bond donors (Lipinski definition) is 1. The van der Waals surface area contributed by atoms with E-state index >= 15 is 4.39 Å². The number of halogens is 1. The molecule has 1 fully saturated rings. The lowest BCUT2D eigenvalue weighted by molar-refractivity contribution is 0.116. The highest BCUT2D eigenvalue weighted by Gasteiger charge is 2.27. The number of amides is 1. The maximum atomic E-state index is 15.0. The third-order valence-corrected chi connectivity index (χ3v) is 7.89. The van der Waals surface area contributed by atoms with Crippen LogP contribution < -0.4 is 24.4 Å². The maximum Gasteiger partial charge on any atom is 0.420 e. The van der Waals surface area contributed by atoms with E-state index in [1.807, 2.05) is 30.3 Å². The van der Waals surface area contributed by atoms with E-state index in [0.29, 0.717) is 29.5 Å². The summed E-state index contributed by atoms with van der Waals surface area (Å²) >= 11 is 0. The fourth-order valence-electron chi connectivity index (χ4n) is 5.18. The van der Waals surface area contributed by atoms with Crippen LogP contribution in [0.25, 0.3) is 0 Å². The molecule has 47 heavy (non-hydrogen) atoms. The van der Waals surface area contributed by atoms with Crippen molar-refractivity contribution in [2.24, 2.45) is 0 Å². The average Bonchev–Trinajstić information content (AvgIpc) is 3.09. The van der Waals surface area contributed by atoms with Gasteiger partial charge in [0.1, 0.15) is 23.4 Å². The Morgan fingerprint density at radius 2 is 1.77 bits per heavy atom. The van der Waals surface area contributed by atoms with Gasteiger partial charge in [0.25, 0.3) is 0 Å². The molecule has 0 aliphatic carbocycles. The molecule has 12 heteroatoms. The van der Waals surface area contributed by atoms with E-state index in [1.165, 1.54) is 24.3 Å². The third-order valence-electron chi connectivity index (χ3n) is 7.89. The van der Waals surface area contributed by atoms with Gasteiger partial charge in [0.15, 0.2) is 11.6 Å². The molecule has 1 N–H and O–H groups in total. The molecule has 0 bridgehead atoms. The van der Waals surface area contributed by atoms with Crippen LogP contribution in [0.2, 0.25) is 0 Å². The van der Waals surface area contributed by atoms with Gasteiger partial charge in [-0.3, -0.25) is 0 Å². The summed E-state index contributed by atoms with van der Waals surface area (Å²) in [5.74, 6) is 0.931. The van der Waals surface area contributed by atoms with Gasteiger partial charge in [0, 0.05) is 62.8 Å². The molecule has 1 aliphatic heterocycles. The van der Waals surface area contributed by atoms with Crippen molar-refractivity contribution in [3.05, 3.63) is 90.4 Å². The minimum absolute atomic E-state index is 0.143. The summed E-state index contributed by atoms with van der Waals surface area (Å²) in [5, 5.41) is 3.03. The normalized spacial score (nSPS) is 14.2. The standard InChI is InChI=1S/C35H41FN6O5/c1-25(26-9-6-5-7-10-26)47-35(43)42(30-13-12-28(44-3)24-32(30)45-4)33-15-16-37-34(39-33)38-27-11-14-31(29(36)23-27)46-22-8-17-41-20-18-40(2)19-21-41/h5-7,9-16,23-25H,8,17-22H2,1-4H3,(H,37,38,39)/t25-/m0/s1. The molecule has 1 atom stereocenters. The van der Waals surface area contributed by atoms with Crippen molar-refractivity contribution in [2.45, 2.75) is 19.4 Å². The van der Waals surface area contributed by atoms with Gasteiger partial charge in [-0.1, -0.05) is 30.3 Å². The lowest BCUT2D eigenvalue weighted by Gasteiger charge is -2.32. The van der Waals surface area contributed by atoms with E-state index in [4.69, 9.17) is 18.9 Å². The number of anilines is 4. The highest BCUT2D eigenvalue weighted by Crippen LogP contribution is 2.37. The second-order valence-electron chi connectivity index (χ2n) is 11.2. The van der Waals surface area contributed by atoms with Crippen LogP contribution in [-0.4, -0.2) is 86.5 Å². The molecule has 11 nitrogen and oxygen atoms in total. The Hall–Kier alpha value is -4.94. The topological polar surface area (TPSA) is 102 Å². The first-order chi connectivity index (χ1) is 22.8. The van der Waals surface area contributed by atoms with Gasteiger partial charge in [-0.25, -0.2) is 19.1 Å². The molecule has 248 valence electrons. The molecule has 1 amide bonds. The first-order valence-electron chi connectivity index (χ1n) is 15.6. The number of aromatic nitrogens is 2. The number of benzene rings is 3. The molecule has 3 aromatic carbocycles. The minimum atomic E-state index is -0.686. The van der Waals surface area contributed by atoms with Crippen LogP contribution in [0.4, 0.5) is 32.3 Å². The SMILES string of the molecule is COc1ccc(N(C(=O)O[C@@H](C)c2ccccc2)c2ccnc(Nc3ccc(OCCCN4CCN(C)CC4)c(F)c3)n2)c(OC)c1. The zero-order chi connectivity index (χ0) is 33.2. The van der Waals surface area contributed by atoms with Gasteiger partial charge in [-0.05, 0) is 50.2 Å². The molecule has 0 radical (unpaired) electrons. The molecule has 0 spiro atoms. The molecule has 1 aromatic heterocycles. The molecule has 1 aliphatic rings. The first-order valence-corrected chi connectivity index (χ1v) is 15.6. The summed E-state index contributed by atoms with van der Waals surface area (Å²) in [6, 6.07) is 20.6. The van der Waals surface area contributed by atoms with Gasteiger partial charge in [0.05, 0.1) is 26.5 Å². The lowest BCUT2D eigenvalue weighted by atomic mass is 10.1. The molecular weight excluding hydrogens is 603 g/mol. The van der Waals surface area contributed by atoms with Crippen LogP contribution >= 0.6 is 0 Å². The number of rotatable bonds is 13. The highest BCUT2D eigenvalue weighted by atomic mass is 19.1. The zero-order valence-electron chi connectivity index (χ0n) is 27.2. The lowest BCUT2D eigenvalue weighted by Crippen LogP contribution is -2.44. The number of nitrogens with one attached hydrogen (secondary N) is 1. The Bertz CT molecular complexity index is 1620. The van der Waals surface area contributed by atoms with Gasteiger partial charge < -0.3 is 34.1 Å². The Morgan fingerprint density at radius 1 is 0.979 bits per heavy atom. The number of methoxy groups -OCH3 is 2. The van der Waals surface area contributed by atoms with Crippen LogP contribution in [0.15, 0.2) is 79.0 Å². The first kappa shape index (κ1) is 33.4. The number of likely N-dealkylation sites (N-methyl/N-ethyl adjacent to an activating group) is 1. The number of piperazine rings is 1. The van der Waals surface area contributed by atoms with E-state index < -0.39 is 18.0 Å². The molecule has 0 saturated carbocycles. The van der Waals surface area contributed by atoms with Crippen molar-refractivity contribution in [3.63, 3.8) is 0 Å². The van der Waals surface area contributed by atoms with Crippen LogP contribution in [-0.2, 0) is 4.74 Å².